The minimum atomic E-state index is -0.574. The van der Waals surface area contributed by atoms with E-state index in [0.29, 0.717) is 0 Å². The van der Waals surface area contributed by atoms with Crippen LogP contribution in [-0.2, 0) is 9.53 Å². The maximum absolute atomic E-state index is 11.2. The van der Waals surface area contributed by atoms with Gasteiger partial charge in [0.15, 0.2) is 5.69 Å². The van der Waals surface area contributed by atoms with Crippen LogP contribution in [0.2, 0.25) is 0 Å². The van der Waals surface area contributed by atoms with Gasteiger partial charge < -0.3 is 19.8 Å². The van der Waals surface area contributed by atoms with E-state index in [1.165, 1.54) is 13.3 Å². The molecule has 8 heteroatoms. The third kappa shape index (κ3) is 2.92. The predicted molar refractivity (Wildman–Crippen MR) is 59.7 cm³/mol. The number of nitrogens with zero attached hydrogens (tertiary/aromatic N) is 3. The number of methoxy groups -OCH3 is 1. The molecule has 1 aromatic rings. The third-order valence-corrected chi connectivity index (χ3v) is 2.24. The van der Waals surface area contributed by atoms with E-state index < -0.39 is 10.9 Å². The fourth-order valence-corrected chi connectivity index (χ4v) is 1.37. The quantitative estimate of drug-likeness (QED) is 0.463. The first-order valence-corrected chi connectivity index (χ1v) is 4.98. The summed E-state index contributed by atoms with van der Waals surface area (Å²) in [6.45, 7) is 3.58. The average Bonchev–Trinajstić information content (AvgIpc) is 2.73. The molecule has 0 aliphatic rings. The van der Waals surface area contributed by atoms with Crippen LogP contribution < -0.4 is 4.90 Å². The zero-order chi connectivity index (χ0) is 13.0. The molecule has 0 aliphatic carbocycles. The summed E-state index contributed by atoms with van der Waals surface area (Å²) in [7, 11) is 1.27. The number of nitro groups is 1. The molecule has 0 saturated heterocycles. The second-order valence-corrected chi connectivity index (χ2v) is 3.66. The van der Waals surface area contributed by atoms with Gasteiger partial charge in [-0.05, 0) is 18.8 Å². The molecule has 8 nitrogen and oxygen atoms in total. The van der Waals surface area contributed by atoms with E-state index in [-0.39, 0.29) is 24.1 Å². The van der Waals surface area contributed by atoms with Crippen LogP contribution in [0.1, 0.15) is 13.8 Å². The van der Waals surface area contributed by atoms with Gasteiger partial charge in [0.05, 0.1) is 7.11 Å². The minimum absolute atomic E-state index is 0.0610. The highest BCUT2D eigenvalue weighted by Crippen LogP contribution is 2.26. The molecule has 1 N–H and O–H groups in total. The van der Waals surface area contributed by atoms with Gasteiger partial charge in [0, 0.05) is 6.04 Å². The van der Waals surface area contributed by atoms with E-state index in [2.05, 4.69) is 14.9 Å². The van der Waals surface area contributed by atoms with E-state index >= 15 is 0 Å². The molecule has 0 spiro atoms. The highest BCUT2D eigenvalue weighted by Gasteiger charge is 2.25. The Morgan fingerprint density at radius 1 is 1.71 bits per heavy atom. The SMILES string of the molecule is COC(=O)CN(c1cn[nH]c1[N+](=O)[O-])C(C)C. The number of nitrogens with one attached hydrogen (secondary N) is 1. The Bertz CT molecular complexity index is 415. The lowest BCUT2D eigenvalue weighted by molar-refractivity contribution is -0.388. The van der Waals surface area contributed by atoms with E-state index in [9.17, 15) is 14.9 Å². The Kier molecular flexibility index (Phi) is 4.02. The number of esters is 1. The summed E-state index contributed by atoms with van der Waals surface area (Å²) >= 11 is 0. The van der Waals surface area contributed by atoms with Crippen LogP contribution in [0.15, 0.2) is 6.20 Å². The first-order valence-electron chi connectivity index (χ1n) is 4.98. The van der Waals surface area contributed by atoms with Crippen molar-refractivity contribution in [1.82, 2.24) is 10.2 Å². The van der Waals surface area contributed by atoms with Gasteiger partial charge in [0.2, 0.25) is 0 Å². The summed E-state index contributed by atoms with van der Waals surface area (Å²) in [5.41, 5.74) is 0.274. The molecule has 17 heavy (non-hydrogen) atoms. The lowest BCUT2D eigenvalue weighted by Gasteiger charge is -2.25. The van der Waals surface area contributed by atoms with Crippen molar-refractivity contribution in [2.45, 2.75) is 19.9 Å². The Hall–Kier alpha value is -2.12. The molecule has 0 unspecified atom stereocenters. The number of H-pyrrole nitrogens is 1. The van der Waals surface area contributed by atoms with Crippen LogP contribution >= 0.6 is 0 Å². The molecule has 1 rings (SSSR count). The smallest absolute Gasteiger partial charge is 0.366 e. The Labute approximate surface area is 97.7 Å². The van der Waals surface area contributed by atoms with Crippen LogP contribution in [0.3, 0.4) is 0 Å². The lowest BCUT2D eigenvalue weighted by atomic mass is 10.3. The largest absolute Gasteiger partial charge is 0.468 e. The maximum atomic E-state index is 11.2. The number of carbonyl (C=O) groups is 1. The molecule has 0 aromatic carbocycles. The molecule has 0 radical (unpaired) electrons. The minimum Gasteiger partial charge on any atom is -0.468 e. The number of aromatic amines is 1. The zero-order valence-electron chi connectivity index (χ0n) is 9.84. The van der Waals surface area contributed by atoms with Gasteiger partial charge >= 0.3 is 11.8 Å². The number of rotatable bonds is 5. The first kappa shape index (κ1) is 12.9. The first-order chi connectivity index (χ1) is 7.97. The lowest BCUT2D eigenvalue weighted by Crippen LogP contribution is -2.36. The summed E-state index contributed by atoms with van der Waals surface area (Å²) in [6, 6.07) is -0.0922. The molecule has 0 saturated carbocycles. The van der Waals surface area contributed by atoms with Gasteiger partial charge in [0.1, 0.15) is 12.7 Å². The van der Waals surface area contributed by atoms with Crippen LogP contribution in [-0.4, -0.2) is 40.8 Å². The van der Waals surface area contributed by atoms with E-state index in [4.69, 9.17) is 0 Å². The number of anilines is 1. The standard InChI is InChI=1S/C9H14N4O4/c1-6(2)12(5-8(14)17-3)7-4-10-11-9(7)13(15)16/h4,6H,5H2,1-3H3,(H,10,11). The van der Waals surface area contributed by atoms with Crippen molar-refractivity contribution >= 4 is 17.5 Å². The van der Waals surface area contributed by atoms with E-state index in [1.807, 2.05) is 13.8 Å². The van der Waals surface area contributed by atoms with Crippen molar-refractivity contribution in [2.24, 2.45) is 0 Å². The van der Waals surface area contributed by atoms with Crippen LogP contribution in [0.25, 0.3) is 0 Å². The summed E-state index contributed by atoms with van der Waals surface area (Å²) in [4.78, 5) is 23.0. The number of ether oxygens (including phenoxy) is 1. The van der Waals surface area contributed by atoms with Crippen LogP contribution in [0.4, 0.5) is 11.5 Å². The molecular formula is C9H14N4O4. The number of aromatic nitrogens is 2. The van der Waals surface area contributed by atoms with Gasteiger partial charge in [-0.15, -0.1) is 5.10 Å². The van der Waals surface area contributed by atoms with Crippen molar-refractivity contribution in [3.63, 3.8) is 0 Å². The molecule has 0 atom stereocenters. The second kappa shape index (κ2) is 5.28. The average molecular weight is 242 g/mol. The summed E-state index contributed by atoms with van der Waals surface area (Å²) in [5, 5.41) is 16.7. The van der Waals surface area contributed by atoms with E-state index in [1.54, 1.807) is 4.90 Å². The number of carbonyl (C=O) groups excluding carboxylic acids is 1. The second-order valence-electron chi connectivity index (χ2n) is 3.66. The summed E-state index contributed by atoms with van der Waals surface area (Å²) in [6.07, 6.45) is 1.32. The number of hydrogen-bond donors (Lipinski definition) is 1. The highest BCUT2D eigenvalue weighted by molar-refractivity contribution is 5.77. The molecular weight excluding hydrogens is 228 g/mol. The van der Waals surface area contributed by atoms with Crippen molar-refractivity contribution in [1.29, 1.82) is 0 Å². The third-order valence-electron chi connectivity index (χ3n) is 2.24. The fourth-order valence-electron chi connectivity index (χ4n) is 1.37. The van der Waals surface area contributed by atoms with Gasteiger partial charge in [0.25, 0.3) is 0 Å². The molecule has 0 amide bonds. The fraction of sp³-hybridized carbons (Fsp3) is 0.556. The van der Waals surface area contributed by atoms with Crippen molar-refractivity contribution < 1.29 is 14.5 Å². The van der Waals surface area contributed by atoms with E-state index in [0.717, 1.165) is 0 Å². The van der Waals surface area contributed by atoms with Gasteiger partial charge in [-0.25, -0.2) is 0 Å². The topological polar surface area (TPSA) is 101 Å². The molecule has 0 bridgehead atoms. The maximum Gasteiger partial charge on any atom is 0.366 e. The molecule has 94 valence electrons. The predicted octanol–water partition coefficient (Wildman–Crippen LogP) is 0.706. The molecule has 1 heterocycles. The van der Waals surface area contributed by atoms with Gasteiger partial charge in [-0.1, -0.05) is 5.10 Å². The van der Waals surface area contributed by atoms with Crippen molar-refractivity contribution in [3.8, 4) is 0 Å². The van der Waals surface area contributed by atoms with Gasteiger partial charge in [-0.2, -0.15) is 0 Å². The van der Waals surface area contributed by atoms with Crippen molar-refractivity contribution in [2.75, 3.05) is 18.6 Å². The molecule has 0 aliphatic heterocycles. The summed E-state index contributed by atoms with van der Waals surface area (Å²) < 4.78 is 4.55. The van der Waals surface area contributed by atoms with Crippen molar-refractivity contribution in [3.05, 3.63) is 16.3 Å². The molecule has 0 fully saturated rings. The summed E-state index contributed by atoms with van der Waals surface area (Å²) in [5.74, 6) is -0.697. The Balaban J connectivity index is 3.01. The van der Waals surface area contributed by atoms with Crippen LogP contribution in [0, 0.1) is 10.1 Å². The Morgan fingerprint density at radius 3 is 2.82 bits per heavy atom. The zero-order valence-corrected chi connectivity index (χ0v) is 9.84. The van der Waals surface area contributed by atoms with Crippen LogP contribution in [0.5, 0.6) is 0 Å². The number of hydrogen-bond acceptors (Lipinski definition) is 6. The molecule has 1 aromatic heterocycles. The monoisotopic (exact) mass is 242 g/mol. The normalized spacial score (nSPS) is 10.4. The Morgan fingerprint density at radius 2 is 2.35 bits per heavy atom. The highest BCUT2D eigenvalue weighted by atomic mass is 16.6. The van der Waals surface area contributed by atoms with Gasteiger partial charge in [-0.3, -0.25) is 4.79 Å².